The molecule has 4 rings (SSSR count). The predicted molar refractivity (Wildman–Crippen MR) is 127 cm³/mol. The van der Waals surface area contributed by atoms with E-state index in [0.717, 1.165) is 11.3 Å². The Morgan fingerprint density at radius 2 is 2.06 bits per heavy atom. The van der Waals surface area contributed by atoms with Gasteiger partial charge in [-0.1, -0.05) is 43.0 Å². The van der Waals surface area contributed by atoms with Crippen LogP contribution in [0.15, 0.2) is 66.0 Å². The minimum Gasteiger partial charge on any atom is -0.497 e. The van der Waals surface area contributed by atoms with Crippen molar-refractivity contribution in [2.24, 2.45) is 5.10 Å². The van der Waals surface area contributed by atoms with Gasteiger partial charge < -0.3 is 10.1 Å². The van der Waals surface area contributed by atoms with Crippen molar-refractivity contribution in [3.05, 3.63) is 66.5 Å². The number of carbonyl (C=O) groups excluding carboxylic acids is 2. The first-order valence-electron chi connectivity index (χ1n) is 10.3. The molecular weight excluding hydrogens is 426 g/mol. The Hall–Kier alpha value is -3.46. The summed E-state index contributed by atoms with van der Waals surface area (Å²) >= 11 is 1.34. The molecule has 0 saturated heterocycles. The molecule has 0 saturated carbocycles. The van der Waals surface area contributed by atoms with Gasteiger partial charge in [-0.05, 0) is 37.1 Å². The number of amidine groups is 1. The van der Waals surface area contributed by atoms with Gasteiger partial charge in [0.1, 0.15) is 5.75 Å². The zero-order valence-corrected chi connectivity index (χ0v) is 18.9. The van der Waals surface area contributed by atoms with Crippen molar-refractivity contribution in [2.75, 3.05) is 17.3 Å². The topological polar surface area (TPSA) is 86.3 Å². The molecule has 2 amide bonds. The molecule has 0 bridgehead atoms. The van der Waals surface area contributed by atoms with Gasteiger partial charge in [-0.3, -0.25) is 24.8 Å². The van der Waals surface area contributed by atoms with Crippen LogP contribution in [-0.4, -0.2) is 40.4 Å². The van der Waals surface area contributed by atoms with Gasteiger partial charge in [0.05, 0.1) is 18.0 Å². The summed E-state index contributed by atoms with van der Waals surface area (Å²) in [6.07, 6.45) is 3.45. The summed E-state index contributed by atoms with van der Waals surface area (Å²) in [5.74, 6) is 0.407. The molecule has 2 aliphatic heterocycles. The Balaban J connectivity index is 1.46. The highest BCUT2D eigenvalue weighted by atomic mass is 32.2. The first kappa shape index (κ1) is 21.8. The lowest BCUT2D eigenvalue weighted by Crippen LogP contribution is -2.52. The van der Waals surface area contributed by atoms with Crippen LogP contribution in [0.4, 0.5) is 11.4 Å². The molecule has 8 nitrogen and oxygen atoms in total. The third kappa shape index (κ3) is 4.29. The summed E-state index contributed by atoms with van der Waals surface area (Å²) in [6, 6.07) is 15.0. The van der Waals surface area contributed by atoms with Crippen LogP contribution in [0.5, 0.6) is 5.75 Å². The van der Waals surface area contributed by atoms with Crippen LogP contribution in [0, 0.1) is 6.92 Å². The van der Waals surface area contributed by atoms with E-state index in [1.165, 1.54) is 11.8 Å². The molecule has 0 fully saturated rings. The number of ether oxygens (including phenoxy) is 1. The number of para-hydroxylation sites is 1. The van der Waals surface area contributed by atoms with Gasteiger partial charge in [0.2, 0.25) is 12.1 Å². The van der Waals surface area contributed by atoms with Crippen molar-refractivity contribution in [3.63, 3.8) is 0 Å². The number of thioether (sulfide) groups is 1. The van der Waals surface area contributed by atoms with E-state index in [4.69, 9.17) is 4.74 Å². The monoisotopic (exact) mass is 451 g/mol. The van der Waals surface area contributed by atoms with E-state index in [-0.39, 0.29) is 17.1 Å². The van der Waals surface area contributed by atoms with E-state index in [9.17, 15) is 9.59 Å². The smallest absolute Gasteiger partial charge is 0.276 e. The number of hydrogen-bond acceptors (Lipinski definition) is 7. The maximum atomic E-state index is 13.1. The van der Waals surface area contributed by atoms with Crippen LogP contribution < -0.4 is 20.4 Å². The van der Waals surface area contributed by atoms with Gasteiger partial charge in [0.25, 0.3) is 5.91 Å². The SMILES string of the molecule is CCC(SC1=NNC2C(=O)N(c3cccc(OC)c3)C=CN12)C(=O)Nc1ccccc1C. The van der Waals surface area contributed by atoms with E-state index in [1.807, 2.05) is 56.3 Å². The van der Waals surface area contributed by atoms with Crippen LogP contribution in [0.2, 0.25) is 0 Å². The number of hydrazone groups is 1. The normalized spacial score (nSPS) is 18.0. The van der Waals surface area contributed by atoms with E-state index in [2.05, 4.69) is 15.8 Å². The van der Waals surface area contributed by atoms with E-state index < -0.39 is 6.17 Å². The second-order valence-electron chi connectivity index (χ2n) is 7.36. The molecule has 2 aromatic carbocycles. The van der Waals surface area contributed by atoms with Crippen LogP contribution in [0.3, 0.4) is 0 Å². The number of fused-ring (bicyclic) bond motifs is 1. The largest absolute Gasteiger partial charge is 0.497 e. The first-order chi connectivity index (χ1) is 15.5. The van der Waals surface area contributed by atoms with Crippen molar-refractivity contribution < 1.29 is 14.3 Å². The Morgan fingerprint density at radius 3 is 2.81 bits per heavy atom. The zero-order valence-electron chi connectivity index (χ0n) is 18.1. The lowest BCUT2D eigenvalue weighted by Gasteiger charge is -2.32. The predicted octanol–water partition coefficient (Wildman–Crippen LogP) is 3.47. The van der Waals surface area contributed by atoms with E-state index in [0.29, 0.717) is 23.0 Å². The maximum Gasteiger partial charge on any atom is 0.276 e. The molecule has 0 aliphatic carbocycles. The average molecular weight is 452 g/mol. The fourth-order valence-electron chi connectivity index (χ4n) is 3.45. The van der Waals surface area contributed by atoms with Crippen LogP contribution >= 0.6 is 11.8 Å². The Morgan fingerprint density at radius 1 is 1.25 bits per heavy atom. The van der Waals surface area contributed by atoms with Crippen molar-refractivity contribution in [1.82, 2.24) is 10.3 Å². The van der Waals surface area contributed by atoms with Crippen LogP contribution in [-0.2, 0) is 9.59 Å². The molecule has 166 valence electrons. The van der Waals surface area contributed by atoms with Gasteiger partial charge in [0.15, 0.2) is 5.17 Å². The van der Waals surface area contributed by atoms with Gasteiger partial charge in [-0.2, -0.15) is 5.10 Å². The fraction of sp³-hybridized carbons (Fsp3) is 0.261. The number of methoxy groups -OCH3 is 1. The van der Waals surface area contributed by atoms with Gasteiger partial charge in [0, 0.05) is 24.2 Å². The molecule has 2 N–H and O–H groups in total. The minimum absolute atomic E-state index is 0.0942. The summed E-state index contributed by atoms with van der Waals surface area (Å²) in [7, 11) is 1.59. The standard InChI is InChI=1S/C23H25N5O3S/c1-4-19(21(29)24-18-11-6-5-8-15(18)2)32-23-26-25-20-22(30)27(12-13-28(20)23)16-9-7-10-17(14-16)31-3/h5-14,19-20,25H,4H2,1-3H3,(H,24,29). The number of nitrogens with one attached hydrogen (secondary N) is 2. The zero-order chi connectivity index (χ0) is 22.7. The lowest BCUT2D eigenvalue weighted by atomic mass is 10.2. The maximum absolute atomic E-state index is 13.1. The van der Waals surface area contributed by atoms with Gasteiger partial charge in [-0.15, -0.1) is 0 Å². The number of rotatable bonds is 6. The van der Waals surface area contributed by atoms with Crippen molar-refractivity contribution in [2.45, 2.75) is 31.7 Å². The number of carbonyl (C=O) groups is 2. The Kier molecular flexibility index (Phi) is 6.36. The summed E-state index contributed by atoms with van der Waals surface area (Å²) in [5.41, 5.74) is 5.40. The van der Waals surface area contributed by atoms with Crippen LogP contribution in [0.1, 0.15) is 18.9 Å². The highest BCUT2D eigenvalue weighted by Gasteiger charge is 2.39. The minimum atomic E-state index is -0.661. The van der Waals surface area contributed by atoms with Gasteiger partial charge >= 0.3 is 0 Å². The quantitative estimate of drug-likeness (QED) is 0.700. The molecule has 0 spiro atoms. The molecule has 2 aliphatic rings. The lowest BCUT2D eigenvalue weighted by molar-refractivity contribution is -0.122. The molecule has 32 heavy (non-hydrogen) atoms. The second-order valence-corrected chi connectivity index (χ2v) is 8.53. The molecule has 0 aromatic heterocycles. The molecule has 2 heterocycles. The van der Waals surface area contributed by atoms with Crippen molar-refractivity contribution in [3.8, 4) is 5.75 Å². The number of nitrogens with zero attached hydrogens (tertiary/aromatic N) is 3. The highest BCUT2D eigenvalue weighted by molar-refractivity contribution is 8.14. The summed E-state index contributed by atoms with van der Waals surface area (Å²) in [4.78, 5) is 29.3. The summed E-state index contributed by atoms with van der Waals surface area (Å²) in [5, 5.41) is 7.56. The Bertz CT molecular complexity index is 1090. The Labute approximate surface area is 191 Å². The third-order valence-corrected chi connectivity index (χ3v) is 6.62. The van der Waals surface area contributed by atoms with E-state index in [1.54, 1.807) is 35.4 Å². The third-order valence-electron chi connectivity index (χ3n) is 5.27. The first-order valence-corrected chi connectivity index (χ1v) is 11.2. The number of amides is 2. The van der Waals surface area contributed by atoms with Crippen LogP contribution in [0.25, 0.3) is 0 Å². The second kappa shape index (κ2) is 9.35. The molecule has 2 aromatic rings. The summed E-state index contributed by atoms with van der Waals surface area (Å²) < 4.78 is 5.26. The summed E-state index contributed by atoms with van der Waals surface area (Å²) in [6.45, 7) is 3.91. The van der Waals surface area contributed by atoms with E-state index >= 15 is 0 Å². The number of anilines is 2. The van der Waals surface area contributed by atoms with Crippen molar-refractivity contribution >= 4 is 40.1 Å². The molecule has 0 radical (unpaired) electrons. The van der Waals surface area contributed by atoms with Gasteiger partial charge in [-0.25, -0.2) is 0 Å². The number of aryl methyl sites for hydroxylation is 1. The van der Waals surface area contributed by atoms with Crippen molar-refractivity contribution in [1.29, 1.82) is 0 Å². The molecule has 2 atom stereocenters. The molecular formula is C23H25N5O3S. The number of benzene rings is 2. The molecule has 2 unspecified atom stereocenters. The fourth-order valence-corrected chi connectivity index (χ4v) is 4.43. The highest BCUT2D eigenvalue weighted by Crippen LogP contribution is 2.30. The average Bonchev–Trinajstić information content (AvgIpc) is 3.22. The number of hydrogen-bond donors (Lipinski definition) is 2. The molecule has 9 heteroatoms.